The summed E-state index contributed by atoms with van der Waals surface area (Å²) in [6.07, 6.45) is 3.11. The third kappa shape index (κ3) is 4.59. The number of piperidine rings is 1. The van der Waals surface area contributed by atoms with Crippen LogP contribution in [0, 0.1) is 19.8 Å². The molecule has 2 aromatic carbocycles. The summed E-state index contributed by atoms with van der Waals surface area (Å²) in [7, 11) is 0. The van der Waals surface area contributed by atoms with Crippen molar-refractivity contribution in [2.75, 3.05) is 19.6 Å². The molecule has 0 aliphatic carbocycles. The van der Waals surface area contributed by atoms with Crippen LogP contribution in [-0.2, 0) is 4.79 Å². The number of rotatable bonds is 4. The van der Waals surface area contributed by atoms with Crippen LogP contribution < -0.4 is 0 Å². The summed E-state index contributed by atoms with van der Waals surface area (Å²) in [6, 6.07) is 16.9. The third-order valence-electron chi connectivity index (χ3n) is 6.25. The number of aryl methyl sites for hydroxylation is 2. The first-order valence-electron chi connectivity index (χ1n) is 10.7. The van der Waals surface area contributed by atoms with Crippen LogP contribution >= 0.6 is 0 Å². The number of carbonyl (C=O) groups excluding carboxylic acids is 1. The molecule has 2 aliphatic heterocycles. The maximum atomic E-state index is 13.3. The Labute approximate surface area is 174 Å². The lowest BCUT2D eigenvalue weighted by atomic mass is 9.97. The molecule has 0 bridgehead atoms. The zero-order valence-corrected chi connectivity index (χ0v) is 17.8. The minimum Gasteiger partial charge on any atom is -0.294 e. The van der Waals surface area contributed by atoms with Crippen molar-refractivity contribution in [2.24, 2.45) is 11.0 Å². The van der Waals surface area contributed by atoms with Gasteiger partial charge >= 0.3 is 0 Å². The Morgan fingerprint density at radius 1 is 0.966 bits per heavy atom. The number of carbonyl (C=O) groups is 1. The van der Waals surface area contributed by atoms with Crippen molar-refractivity contribution in [3.8, 4) is 0 Å². The predicted molar refractivity (Wildman–Crippen MR) is 118 cm³/mol. The lowest BCUT2D eigenvalue weighted by molar-refractivity contribution is -0.134. The molecule has 0 aromatic heterocycles. The summed E-state index contributed by atoms with van der Waals surface area (Å²) in [5.74, 6) is 0.867. The molecule has 0 spiro atoms. The highest BCUT2D eigenvalue weighted by atomic mass is 16.2. The number of amides is 1. The summed E-state index contributed by atoms with van der Waals surface area (Å²) < 4.78 is 0. The first-order valence-corrected chi connectivity index (χ1v) is 10.7. The molecule has 0 radical (unpaired) electrons. The van der Waals surface area contributed by atoms with Gasteiger partial charge in [0.25, 0.3) is 5.91 Å². The standard InChI is InChI=1S/C25H31N3O/c1-18-4-8-21(9-5-18)23-16-24(22-10-6-19(2)7-11-22)28(26-23)25(29)17-27-14-12-20(3)13-15-27/h4-11,20,24H,12-17H2,1-3H3/t24-/m0/s1. The highest BCUT2D eigenvalue weighted by Gasteiger charge is 2.34. The summed E-state index contributed by atoms with van der Waals surface area (Å²) in [4.78, 5) is 15.5. The van der Waals surface area contributed by atoms with Crippen LogP contribution in [0.25, 0.3) is 0 Å². The average molecular weight is 390 g/mol. The molecule has 4 nitrogen and oxygen atoms in total. The topological polar surface area (TPSA) is 35.9 Å². The van der Waals surface area contributed by atoms with Crippen molar-refractivity contribution in [3.63, 3.8) is 0 Å². The van der Waals surface area contributed by atoms with Crippen LogP contribution in [0.3, 0.4) is 0 Å². The fourth-order valence-electron chi connectivity index (χ4n) is 4.19. The highest BCUT2D eigenvalue weighted by Crippen LogP contribution is 2.33. The lowest BCUT2D eigenvalue weighted by Gasteiger charge is -2.31. The van der Waals surface area contributed by atoms with Gasteiger partial charge in [0.2, 0.25) is 0 Å². The SMILES string of the molecule is Cc1ccc(C2=NN(C(=O)CN3CCC(C)CC3)[C@H](c3ccc(C)cc3)C2)cc1. The van der Waals surface area contributed by atoms with Crippen molar-refractivity contribution in [3.05, 3.63) is 70.8 Å². The number of likely N-dealkylation sites (tertiary alicyclic amines) is 1. The van der Waals surface area contributed by atoms with E-state index in [4.69, 9.17) is 5.10 Å². The number of nitrogens with zero attached hydrogens (tertiary/aromatic N) is 3. The molecule has 0 unspecified atom stereocenters. The molecular weight excluding hydrogens is 358 g/mol. The molecule has 1 fully saturated rings. The van der Waals surface area contributed by atoms with Crippen LogP contribution in [0.15, 0.2) is 53.6 Å². The van der Waals surface area contributed by atoms with E-state index in [9.17, 15) is 4.79 Å². The number of hydrogen-bond acceptors (Lipinski definition) is 3. The van der Waals surface area contributed by atoms with Crippen molar-refractivity contribution in [1.29, 1.82) is 0 Å². The van der Waals surface area contributed by atoms with E-state index in [1.807, 2.05) is 0 Å². The van der Waals surface area contributed by atoms with Crippen LogP contribution in [0.2, 0.25) is 0 Å². The fraction of sp³-hybridized carbons (Fsp3) is 0.440. The van der Waals surface area contributed by atoms with Gasteiger partial charge < -0.3 is 0 Å². The quantitative estimate of drug-likeness (QED) is 0.759. The Morgan fingerprint density at radius 3 is 2.17 bits per heavy atom. The molecule has 152 valence electrons. The van der Waals surface area contributed by atoms with Gasteiger partial charge in [-0.1, -0.05) is 66.6 Å². The molecule has 2 aliphatic rings. The van der Waals surface area contributed by atoms with Crippen molar-refractivity contribution < 1.29 is 4.79 Å². The van der Waals surface area contributed by atoms with E-state index in [2.05, 4.69) is 74.2 Å². The Kier molecular flexibility index (Phi) is 5.81. The Balaban J connectivity index is 1.57. The second-order valence-electron chi connectivity index (χ2n) is 8.74. The first-order chi connectivity index (χ1) is 14.0. The maximum Gasteiger partial charge on any atom is 0.257 e. The van der Waals surface area contributed by atoms with Gasteiger partial charge in [-0.05, 0) is 56.8 Å². The molecule has 29 heavy (non-hydrogen) atoms. The predicted octanol–water partition coefficient (Wildman–Crippen LogP) is 4.71. The molecule has 1 atom stereocenters. The molecule has 4 heteroatoms. The van der Waals surface area contributed by atoms with E-state index < -0.39 is 0 Å². The van der Waals surface area contributed by atoms with Gasteiger partial charge in [-0.15, -0.1) is 0 Å². The molecule has 0 saturated carbocycles. The number of hydrogen-bond donors (Lipinski definition) is 0. The zero-order valence-electron chi connectivity index (χ0n) is 17.8. The molecule has 0 N–H and O–H groups in total. The summed E-state index contributed by atoms with van der Waals surface area (Å²) in [6.45, 7) is 8.94. The maximum absolute atomic E-state index is 13.3. The molecule has 1 amide bonds. The smallest absolute Gasteiger partial charge is 0.257 e. The zero-order chi connectivity index (χ0) is 20.4. The summed E-state index contributed by atoms with van der Waals surface area (Å²) in [5.41, 5.74) is 5.72. The normalized spacial score (nSPS) is 20.7. The monoisotopic (exact) mass is 389 g/mol. The molecule has 2 aromatic rings. The second kappa shape index (κ2) is 8.50. The molecular formula is C25H31N3O. The van der Waals surface area contributed by atoms with Crippen LogP contribution in [0.1, 0.15) is 54.5 Å². The van der Waals surface area contributed by atoms with Gasteiger partial charge in [0.1, 0.15) is 0 Å². The van der Waals surface area contributed by atoms with E-state index in [0.717, 1.165) is 42.3 Å². The van der Waals surface area contributed by atoms with Crippen molar-refractivity contribution in [1.82, 2.24) is 9.91 Å². The number of benzene rings is 2. The van der Waals surface area contributed by atoms with Gasteiger partial charge in [0.05, 0.1) is 18.3 Å². The van der Waals surface area contributed by atoms with E-state index in [0.29, 0.717) is 6.54 Å². The molecule has 2 heterocycles. The Hall–Kier alpha value is -2.46. The van der Waals surface area contributed by atoms with E-state index in [-0.39, 0.29) is 11.9 Å². The first kappa shape index (κ1) is 19.8. The molecule has 4 rings (SSSR count). The summed E-state index contributed by atoms with van der Waals surface area (Å²) in [5, 5.41) is 6.57. The van der Waals surface area contributed by atoms with E-state index >= 15 is 0 Å². The fourth-order valence-corrected chi connectivity index (χ4v) is 4.19. The van der Waals surface area contributed by atoms with Crippen LogP contribution in [0.5, 0.6) is 0 Å². The average Bonchev–Trinajstić information content (AvgIpc) is 3.16. The Morgan fingerprint density at radius 2 is 1.55 bits per heavy atom. The van der Waals surface area contributed by atoms with Gasteiger partial charge in [0, 0.05) is 6.42 Å². The Bertz CT molecular complexity index is 877. The van der Waals surface area contributed by atoms with Crippen molar-refractivity contribution >= 4 is 11.6 Å². The van der Waals surface area contributed by atoms with Gasteiger partial charge in [-0.3, -0.25) is 9.69 Å². The lowest BCUT2D eigenvalue weighted by Crippen LogP contribution is -2.41. The van der Waals surface area contributed by atoms with Crippen LogP contribution in [0.4, 0.5) is 0 Å². The van der Waals surface area contributed by atoms with E-state index in [1.54, 1.807) is 5.01 Å². The van der Waals surface area contributed by atoms with Crippen molar-refractivity contribution in [2.45, 2.75) is 46.1 Å². The second-order valence-corrected chi connectivity index (χ2v) is 8.74. The van der Waals surface area contributed by atoms with Gasteiger partial charge in [0.15, 0.2) is 0 Å². The van der Waals surface area contributed by atoms with Gasteiger partial charge in [-0.2, -0.15) is 5.10 Å². The largest absolute Gasteiger partial charge is 0.294 e. The van der Waals surface area contributed by atoms with E-state index in [1.165, 1.54) is 24.0 Å². The minimum atomic E-state index is -0.0249. The minimum absolute atomic E-state index is 0.0249. The van der Waals surface area contributed by atoms with Crippen LogP contribution in [-0.4, -0.2) is 41.2 Å². The van der Waals surface area contributed by atoms with Gasteiger partial charge in [-0.25, -0.2) is 5.01 Å². The highest BCUT2D eigenvalue weighted by molar-refractivity contribution is 6.03. The molecule has 1 saturated heterocycles. The summed E-state index contributed by atoms with van der Waals surface area (Å²) >= 11 is 0. The number of hydrazone groups is 1. The third-order valence-corrected chi connectivity index (χ3v) is 6.25.